The minimum Gasteiger partial charge on any atom is -0.481 e. The van der Waals surface area contributed by atoms with Gasteiger partial charge in [0.25, 0.3) is 5.91 Å². The lowest BCUT2D eigenvalue weighted by molar-refractivity contribution is -0.137. The van der Waals surface area contributed by atoms with Gasteiger partial charge < -0.3 is 19.3 Å². The Kier molecular flexibility index (Phi) is 6.08. The third kappa shape index (κ3) is 5.56. The molecule has 0 aromatic carbocycles. The number of amides is 1. The van der Waals surface area contributed by atoms with E-state index in [-0.39, 0.29) is 24.6 Å². The van der Waals surface area contributed by atoms with E-state index in [9.17, 15) is 9.59 Å². The van der Waals surface area contributed by atoms with Crippen LogP contribution in [-0.4, -0.2) is 60.5 Å². The molecule has 0 bridgehead atoms. The number of carboxylic acid groups (broad SMARTS) is 1. The van der Waals surface area contributed by atoms with Crippen molar-refractivity contribution in [1.82, 2.24) is 9.80 Å². The average Bonchev–Trinajstić information content (AvgIpc) is 2.85. The van der Waals surface area contributed by atoms with Gasteiger partial charge in [0.1, 0.15) is 0 Å². The standard InChI is InChI=1S/C13H20N2O4/c1-14(2)7-4-8-15(9-6-12(16)17)13(18)11-5-3-10-19-11/h3,5,10H,4,6-9H2,1-2H3,(H,16,17). The molecule has 0 radical (unpaired) electrons. The van der Waals surface area contributed by atoms with Crippen molar-refractivity contribution in [2.24, 2.45) is 0 Å². The van der Waals surface area contributed by atoms with E-state index >= 15 is 0 Å². The zero-order valence-electron chi connectivity index (χ0n) is 11.3. The van der Waals surface area contributed by atoms with Crippen molar-refractivity contribution < 1.29 is 19.1 Å². The lowest BCUT2D eigenvalue weighted by Crippen LogP contribution is -2.35. The molecule has 19 heavy (non-hydrogen) atoms. The van der Waals surface area contributed by atoms with Gasteiger partial charge in [-0.3, -0.25) is 9.59 Å². The van der Waals surface area contributed by atoms with Crippen LogP contribution >= 0.6 is 0 Å². The molecule has 1 heterocycles. The van der Waals surface area contributed by atoms with Gasteiger partial charge >= 0.3 is 5.97 Å². The quantitative estimate of drug-likeness (QED) is 0.765. The predicted octanol–water partition coefficient (Wildman–Crippen LogP) is 1.15. The highest BCUT2D eigenvalue weighted by Gasteiger charge is 2.18. The van der Waals surface area contributed by atoms with Crippen molar-refractivity contribution in [2.75, 3.05) is 33.7 Å². The van der Waals surface area contributed by atoms with Crippen molar-refractivity contribution in [3.8, 4) is 0 Å². The Balaban J connectivity index is 2.57. The van der Waals surface area contributed by atoms with Gasteiger partial charge in [-0.15, -0.1) is 0 Å². The van der Waals surface area contributed by atoms with E-state index in [1.54, 1.807) is 12.1 Å². The monoisotopic (exact) mass is 268 g/mol. The van der Waals surface area contributed by atoms with Crippen LogP contribution in [0.4, 0.5) is 0 Å². The van der Waals surface area contributed by atoms with Crippen molar-refractivity contribution in [3.63, 3.8) is 0 Å². The maximum absolute atomic E-state index is 12.1. The highest BCUT2D eigenvalue weighted by molar-refractivity contribution is 5.91. The third-order valence-electron chi connectivity index (χ3n) is 2.65. The largest absolute Gasteiger partial charge is 0.481 e. The van der Waals surface area contributed by atoms with Gasteiger partial charge in [0.15, 0.2) is 5.76 Å². The summed E-state index contributed by atoms with van der Waals surface area (Å²) < 4.78 is 5.06. The Bertz CT molecular complexity index is 401. The number of carbonyl (C=O) groups excluding carboxylic acids is 1. The molecule has 1 amide bonds. The summed E-state index contributed by atoms with van der Waals surface area (Å²) >= 11 is 0. The molecule has 0 unspecified atom stereocenters. The molecule has 0 fully saturated rings. The zero-order valence-corrected chi connectivity index (χ0v) is 11.3. The summed E-state index contributed by atoms with van der Waals surface area (Å²) in [5.74, 6) is -0.926. The molecule has 106 valence electrons. The Morgan fingerprint density at radius 2 is 2.00 bits per heavy atom. The maximum atomic E-state index is 12.1. The number of aliphatic carboxylic acids is 1. The molecule has 1 aromatic heterocycles. The maximum Gasteiger partial charge on any atom is 0.305 e. The number of carboxylic acids is 1. The molecule has 0 saturated carbocycles. The zero-order chi connectivity index (χ0) is 14.3. The summed E-state index contributed by atoms with van der Waals surface area (Å²) in [4.78, 5) is 26.3. The van der Waals surface area contributed by atoms with Crippen LogP contribution in [0.15, 0.2) is 22.8 Å². The lowest BCUT2D eigenvalue weighted by atomic mass is 10.3. The summed E-state index contributed by atoms with van der Waals surface area (Å²) in [6.45, 7) is 1.56. The average molecular weight is 268 g/mol. The van der Waals surface area contributed by atoms with Gasteiger partial charge in [0.2, 0.25) is 0 Å². The molecule has 6 nitrogen and oxygen atoms in total. The van der Waals surface area contributed by atoms with Crippen LogP contribution in [0.1, 0.15) is 23.4 Å². The molecular weight excluding hydrogens is 248 g/mol. The first-order chi connectivity index (χ1) is 9.00. The second-order valence-corrected chi connectivity index (χ2v) is 4.57. The summed E-state index contributed by atoms with van der Waals surface area (Å²) in [6.07, 6.45) is 2.16. The van der Waals surface area contributed by atoms with Crippen LogP contribution in [0.2, 0.25) is 0 Å². The van der Waals surface area contributed by atoms with E-state index < -0.39 is 5.97 Å². The molecule has 0 aliphatic heterocycles. The van der Waals surface area contributed by atoms with Crippen molar-refractivity contribution >= 4 is 11.9 Å². The summed E-state index contributed by atoms with van der Waals surface area (Å²) in [7, 11) is 3.91. The van der Waals surface area contributed by atoms with E-state index in [2.05, 4.69) is 0 Å². The molecule has 0 atom stereocenters. The van der Waals surface area contributed by atoms with Crippen LogP contribution in [0.3, 0.4) is 0 Å². The number of hydrogen-bond donors (Lipinski definition) is 1. The number of nitrogens with zero attached hydrogens (tertiary/aromatic N) is 2. The number of hydrogen-bond acceptors (Lipinski definition) is 4. The van der Waals surface area contributed by atoms with Crippen molar-refractivity contribution in [2.45, 2.75) is 12.8 Å². The summed E-state index contributed by atoms with van der Waals surface area (Å²) in [5, 5.41) is 8.72. The number of carbonyl (C=O) groups is 2. The second kappa shape index (κ2) is 7.58. The first-order valence-corrected chi connectivity index (χ1v) is 6.20. The predicted molar refractivity (Wildman–Crippen MR) is 70.0 cm³/mol. The molecule has 1 aromatic rings. The molecule has 0 aliphatic rings. The normalized spacial score (nSPS) is 10.7. The third-order valence-corrected chi connectivity index (χ3v) is 2.65. The highest BCUT2D eigenvalue weighted by Crippen LogP contribution is 2.07. The Labute approximate surface area is 112 Å². The van der Waals surface area contributed by atoms with Gasteiger partial charge in [0, 0.05) is 13.1 Å². The van der Waals surface area contributed by atoms with Crippen LogP contribution in [0.5, 0.6) is 0 Å². The van der Waals surface area contributed by atoms with Gasteiger partial charge in [0.05, 0.1) is 12.7 Å². The van der Waals surface area contributed by atoms with Crippen LogP contribution in [-0.2, 0) is 4.79 Å². The summed E-state index contributed by atoms with van der Waals surface area (Å²) in [6, 6.07) is 3.23. The van der Waals surface area contributed by atoms with Gasteiger partial charge in [-0.2, -0.15) is 0 Å². The fraction of sp³-hybridized carbons (Fsp3) is 0.538. The first kappa shape index (κ1) is 15.2. The Hall–Kier alpha value is -1.82. The first-order valence-electron chi connectivity index (χ1n) is 6.20. The molecule has 0 saturated heterocycles. The van der Waals surface area contributed by atoms with Crippen LogP contribution in [0, 0.1) is 0 Å². The fourth-order valence-corrected chi connectivity index (χ4v) is 1.68. The molecule has 6 heteroatoms. The van der Waals surface area contributed by atoms with Crippen molar-refractivity contribution in [1.29, 1.82) is 0 Å². The SMILES string of the molecule is CN(C)CCCN(CCC(=O)O)C(=O)c1ccco1. The fourth-order valence-electron chi connectivity index (χ4n) is 1.68. The number of furan rings is 1. The summed E-state index contributed by atoms with van der Waals surface area (Å²) in [5.41, 5.74) is 0. The molecule has 0 spiro atoms. The highest BCUT2D eigenvalue weighted by atomic mass is 16.4. The van der Waals surface area contributed by atoms with E-state index in [1.807, 2.05) is 19.0 Å². The van der Waals surface area contributed by atoms with Crippen LogP contribution < -0.4 is 0 Å². The minimum atomic E-state index is -0.912. The molecule has 1 rings (SSSR count). The smallest absolute Gasteiger partial charge is 0.305 e. The van der Waals surface area contributed by atoms with Crippen molar-refractivity contribution in [3.05, 3.63) is 24.2 Å². The lowest BCUT2D eigenvalue weighted by Gasteiger charge is -2.21. The van der Waals surface area contributed by atoms with E-state index in [0.29, 0.717) is 6.54 Å². The van der Waals surface area contributed by atoms with Gasteiger partial charge in [-0.05, 0) is 39.2 Å². The Morgan fingerprint density at radius 3 is 2.53 bits per heavy atom. The van der Waals surface area contributed by atoms with E-state index in [1.165, 1.54) is 11.2 Å². The van der Waals surface area contributed by atoms with E-state index in [0.717, 1.165) is 13.0 Å². The topological polar surface area (TPSA) is 74.0 Å². The Morgan fingerprint density at radius 1 is 1.26 bits per heavy atom. The molecular formula is C13H20N2O4. The van der Waals surface area contributed by atoms with E-state index in [4.69, 9.17) is 9.52 Å². The minimum absolute atomic E-state index is 0.0611. The second-order valence-electron chi connectivity index (χ2n) is 4.57. The molecule has 1 N–H and O–H groups in total. The van der Waals surface area contributed by atoms with Crippen LogP contribution in [0.25, 0.3) is 0 Å². The number of rotatable bonds is 8. The van der Waals surface area contributed by atoms with Gasteiger partial charge in [-0.1, -0.05) is 0 Å². The molecule has 0 aliphatic carbocycles. The van der Waals surface area contributed by atoms with Gasteiger partial charge in [-0.25, -0.2) is 0 Å².